The Kier molecular flexibility index (Phi) is 4.58. The summed E-state index contributed by atoms with van der Waals surface area (Å²) in [6.07, 6.45) is 8.75. The Labute approximate surface area is 87.7 Å². The van der Waals surface area contributed by atoms with Gasteiger partial charge >= 0.3 is 0 Å². The van der Waals surface area contributed by atoms with E-state index >= 15 is 0 Å². The van der Waals surface area contributed by atoms with Crippen molar-refractivity contribution in [3.05, 3.63) is 23.8 Å². The molecule has 0 aromatic carbocycles. The highest BCUT2D eigenvalue weighted by atomic mass is 28.4. The van der Waals surface area contributed by atoms with Crippen LogP contribution in [0.15, 0.2) is 23.8 Å². The number of ether oxygens (including phenoxy) is 1. The third-order valence-electron chi connectivity index (χ3n) is 1.99. The molecular weight excluding hydrogens is 192 g/mol. The maximum Gasteiger partial charge on any atom is 0.186 e. The zero-order valence-electron chi connectivity index (χ0n) is 9.38. The third kappa shape index (κ3) is 5.37. The number of hydrogen-bond acceptors (Lipinski definition) is 2. The number of hydrogen-bond donors (Lipinski definition) is 0. The smallest absolute Gasteiger partial charge is 0.186 e. The third-order valence-corrected chi connectivity index (χ3v) is 2.98. The van der Waals surface area contributed by atoms with Crippen LogP contribution in [0.5, 0.6) is 0 Å². The van der Waals surface area contributed by atoms with Gasteiger partial charge in [-0.15, -0.1) is 0 Å². The molecular formula is C11H20O2Si. The minimum atomic E-state index is -1.40. The Hall–Kier alpha value is -0.383. The van der Waals surface area contributed by atoms with Crippen LogP contribution in [0.4, 0.5) is 0 Å². The number of rotatable bonds is 5. The largest absolute Gasteiger partial charge is 0.395 e. The second-order valence-electron chi connectivity index (χ2n) is 4.49. The Morgan fingerprint density at radius 1 is 1.29 bits per heavy atom. The average Bonchev–Trinajstić information content (AvgIpc) is 2.54. The Morgan fingerprint density at radius 2 is 1.93 bits per heavy atom. The molecule has 0 radical (unpaired) electrons. The molecule has 1 rings (SSSR count). The molecule has 0 heterocycles. The van der Waals surface area contributed by atoms with Crippen molar-refractivity contribution in [2.24, 2.45) is 0 Å². The highest BCUT2D eigenvalue weighted by Gasteiger charge is 2.13. The van der Waals surface area contributed by atoms with E-state index in [-0.39, 0.29) is 0 Å². The summed E-state index contributed by atoms with van der Waals surface area (Å²) in [4.78, 5) is 0. The van der Waals surface area contributed by atoms with Crippen molar-refractivity contribution < 1.29 is 9.16 Å². The fraction of sp³-hybridized carbons (Fsp3) is 0.636. The van der Waals surface area contributed by atoms with Crippen LogP contribution in [0.1, 0.15) is 12.8 Å². The highest BCUT2D eigenvalue weighted by molar-refractivity contribution is 6.69. The normalized spacial score (nSPS) is 16.4. The van der Waals surface area contributed by atoms with Gasteiger partial charge in [0.15, 0.2) is 8.32 Å². The maximum absolute atomic E-state index is 5.57. The summed E-state index contributed by atoms with van der Waals surface area (Å²) >= 11 is 0. The minimum Gasteiger partial charge on any atom is -0.395 e. The van der Waals surface area contributed by atoms with Crippen LogP contribution < -0.4 is 0 Å². The van der Waals surface area contributed by atoms with Gasteiger partial charge in [0.1, 0.15) is 6.79 Å². The maximum atomic E-state index is 5.57. The van der Waals surface area contributed by atoms with E-state index in [1.807, 2.05) is 0 Å². The highest BCUT2D eigenvalue weighted by Crippen LogP contribution is 2.15. The van der Waals surface area contributed by atoms with Crippen LogP contribution >= 0.6 is 0 Å². The van der Waals surface area contributed by atoms with E-state index in [1.165, 1.54) is 5.57 Å². The summed E-state index contributed by atoms with van der Waals surface area (Å²) in [5.41, 5.74) is 1.46. The molecule has 0 aliphatic heterocycles. The van der Waals surface area contributed by atoms with Crippen LogP contribution in [-0.2, 0) is 9.16 Å². The molecule has 0 unspecified atom stereocenters. The van der Waals surface area contributed by atoms with Crippen LogP contribution in [0.3, 0.4) is 0 Å². The van der Waals surface area contributed by atoms with E-state index in [0.29, 0.717) is 13.4 Å². The second-order valence-corrected chi connectivity index (χ2v) is 9.00. The fourth-order valence-corrected chi connectivity index (χ4v) is 1.60. The van der Waals surface area contributed by atoms with E-state index < -0.39 is 8.32 Å². The van der Waals surface area contributed by atoms with Crippen molar-refractivity contribution in [1.82, 2.24) is 0 Å². The first-order chi connectivity index (χ1) is 6.58. The molecule has 0 N–H and O–H groups in total. The zero-order valence-corrected chi connectivity index (χ0v) is 10.4. The van der Waals surface area contributed by atoms with E-state index in [1.54, 1.807) is 0 Å². The SMILES string of the molecule is C[Si](C)(C)OCOCC=C1CC=CC1. The predicted octanol–water partition coefficient (Wildman–Crippen LogP) is 3.09. The molecule has 1 aliphatic rings. The molecule has 0 aromatic rings. The molecule has 0 atom stereocenters. The standard InChI is InChI=1S/C11H20O2Si/c1-14(2,3)13-10-12-9-8-11-6-4-5-7-11/h4-5,8H,6-7,9-10H2,1-3H3. The van der Waals surface area contributed by atoms with Gasteiger partial charge in [-0.3, -0.25) is 0 Å². The van der Waals surface area contributed by atoms with Gasteiger partial charge in [0, 0.05) is 0 Å². The van der Waals surface area contributed by atoms with E-state index in [4.69, 9.17) is 9.16 Å². The molecule has 0 saturated carbocycles. The summed E-state index contributed by atoms with van der Waals surface area (Å²) in [5.74, 6) is 0. The first-order valence-corrected chi connectivity index (χ1v) is 8.53. The van der Waals surface area contributed by atoms with Gasteiger partial charge in [-0.2, -0.15) is 0 Å². The van der Waals surface area contributed by atoms with Crippen LogP contribution in [0.2, 0.25) is 19.6 Å². The van der Waals surface area contributed by atoms with Gasteiger partial charge in [0.25, 0.3) is 0 Å². The lowest BCUT2D eigenvalue weighted by Gasteiger charge is -2.16. The Morgan fingerprint density at radius 3 is 2.50 bits per heavy atom. The predicted molar refractivity (Wildman–Crippen MR) is 61.7 cm³/mol. The molecule has 0 saturated heterocycles. The van der Waals surface area contributed by atoms with Gasteiger partial charge in [0.2, 0.25) is 0 Å². The molecule has 1 aliphatic carbocycles. The van der Waals surface area contributed by atoms with E-state index in [2.05, 4.69) is 37.9 Å². The van der Waals surface area contributed by atoms with Crippen LogP contribution in [0.25, 0.3) is 0 Å². The van der Waals surface area contributed by atoms with Crippen molar-refractivity contribution in [3.8, 4) is 0 Å². The summed E-state index contributed by atoms with van der Waals surface area (Å²) < 4.78 is 10.9. The van der Waals surface area contributed by atoms with Gasteiger partial charge in [-0.05, 0) is 32.5 Å². The molecule has 2 nitrogen and oxygen atoms in total. The topological polar surface area (TPSA) is 18.5 Å². The van der Waals surface area contributed by atoms with Gasteiger partial charge in [0.05, 0.1) is 6.61 Å². The molecule has 0 aromatic heterocycles. The van der Waals surface area contributed by atoms with Gasteiger partial charge in [-0.25, -0.2) is 0 Å². The first-order valence-electron chi connectivity index (χ1n) is 5.12. The zero-order chi connectivity index (χ0) is 10.4. The summed E-state index contributed by atoms with van der Waals surface area (Å²) in [6.45, 7) is 7.61. The van der Waals surface area contributed by atoms with Crippen molar-refractivity contribution in [2.75, 3.05) is 13.4 Å². The minimum absolute atomic E-state index is 0.437. The van der Waals surface area contributed by atoms with E-state index in [9.17, 15) is 0 Å². The van der Waals surface area contributed by atoms with Crippen molar-refractivity contribution in [3.63, 3.8) is 0 Å². The molecule has 0 amide bonds. The Balaban J connectivity index is 2.02. The number of allylic oxidation sites excluding steroid dienone is 3. The Bertz CT molecular complexity index is 216. The van der Waals surface area contributed by atoms with Crippen LogP contribution in [0, 0.1) is 0 Å². The average molecular weight is 212 g/mol. The first kappa shape index (κ1) is 11.7. The van der Waals surface area contributed by atoms with Crippen LogP contribution in [-0.4, -0.2) is 21.7 Å². The van der Waals surface area contributed by atoms with Gasteiger partial charge in [-0.1, -0.05) is 23.8 Å². The molecule has 0 bridgehead atoms. The lowest BCUT2D eigenvalue weighted by molar-refractivity contribution is 0.0254. The lowest BCUT2D eigenvalue weighted by atomic mass is 10.2. The second kappa shape index (κ2) is 5.49. The lowest BCUT2D eigenvalue weighted by Crippen LogP contribution is -2.26. The summed E-state index contributed by atoms with van der Waals surface area (Å²) in [7, 11) is -1.40. The summed E-state index contributed by atoms with van der Waals surface area (Å²) in [5, 5.41) is 0. The molecule has 0 fully saturated rings. The molecule has 80 valence electrons. The van der Waals surface area contributed by atoms with E-state index in [0.717, 1.165) is 12.8 Å². The van der Waals surface area contributed by atoms with Crippen molar-refractivity contribution in [2.45, 2.75) is 32.5 Å². The fourth-order valence-electron chi connectivity index (χ4n) is 1.16. The van der Waals surface area contributed by atoms with Crippen molar-refractivity contribution >= 4 is 8.32 Å². The monoisotopic (exact) mass is 212 g/mol. The summed E-state index contributed by atoms with van der Waals surface area (Å²) in [6, 6.07) is 0. The van der Waals surface area contributed by atoms with Crippen molar-refractivity contribution in [1.29, 1.82) is 0 Å². The molecule has 14 heavy (non-hydrogen) atoms. The molecule has 0 spiro atoms. The quantitative estimate of drug-likeness (QED) is 0.302. The molecule has 3 heteroatoms. The van der Waals surface area contributed by atoms with Gasteiger partial charge < -0.3 is 9.16 Å².